The molecule has 3 fully saturated rings. The molecule has 68 heavy (non-hydrogen) atoms. The van der Waals surface area contributed by atoms with E-state index >= 15 is 8.78 Å². The second-order valence-corrected chi connectivity index (χ2v) is 16.8. The maximum atomic E-state index is 16.7. The number of amides is 5. The van der Waals surface area contributed by atoms with Crippen molar-refractivity contribution in [2.75, 3.05) is 93.3 Å². The molecule has 5 amide bonds. The molecule has 17 nitrogen and oxygen atoms in total. The van der Waals surface area contributed by atoms with Gasteiger partial charge in [0.25, 0.3) is 11.8 Å². The summed E-state index contributed by atoms with van der Waals surface area (Å²) >= 11 is 0. The van der Waals surface area contributed by atoms with Crippen LogP contribution in [-0.4, -0.2) is 138 Å². The summed E-state index contributed by atoms with van der Waals surface area (Å²) in [5, 5.41) is 9.09. The van der Waals surface area contributed by atoms with Gasteiger partial charge in [-0.2, -0.15) is 0 Å². The molecule has 0 bridgehead atoms. The van der Waals surface area contributed by atoms with E-state index in [1.807, 2.05) is 65.4 Å². The van der Waals surface area contributed by atoms with Crippen molar-refractivity contribution >= 4 is 69.1 Å². The number of likely N-dealkylation sites (N-methyl/N-ethyl adjacent to an activating group) is 1. The zero-order valence-electron chi connectivity index (χ0n) is 45.4. The number of methoxy groups -OCH3 is 1. The number of fused-ring (bicyclic) bond motifs is 2. The Morgan fingerprint density at radius 1 is 1.00 bits per heavy atom. The number of para-hydroxylation sites is 1. The second kappa shape index (κ2) is 19.2. The molecule has 1 atom stereocenters. The van der Waals surface area contributed by atoms with Crippen LogP contribution in [0.5, 0.6) is 5.75 Å². The Hall–Kier alpha value is -7.25. The molecule has 3 N–H and O–H groups in total. The molecule has 0 aliphatic carbocycles. The third-order valence-corrected chi connectivity index (χ3v) is 12.6. The first-order valence-corrected chi connectivity index (χ1v) is 21.9. The number of hydrogen-bond acceptors (Lipinski definition) is 13. The fourth-order valence-electron chi connectivity index (χ4n) is 8.95. The van der Waals surface area contributed by atoms with E-state index < -0.39 is 102 Å². The predicted molar refractivity (Wildman–Crippen MR) is 253 cm³/mol. The van der Waals surface area contributed by atoms with Gasteiger partial charge in [-0.25, -0.2) is 18.7 Å². The van der Waals surface area contributed by atoms with Crippen LogP contribution in [0.1, 0.15) is 57.4 Å². The van der Waals surface area contributed by atoms with E-state index in [1.165, 1.54) is 7.11 Å². The second-order valence-electron chi connectivity index (χ2n) is 16.8. The lowest BCUT2D eigenvalue weighted by Crippen LogP contribution is -2.54. The number of piperidine rings is 2. The zero-order valence-corrected chi connectivity index (χ0v) is 37.4. The largest absolute Gasteiger partial charge is 0.494 e. The van der Waals surface area contributed by atoms with Gasteiger partial charge in [-0.1, -0.05) is 24.8 Å². The van der Waals surface area contributed by atoms with Crippen molar-refractivity contribution in [1.82, 2.24) is 34.6 Å². The van der Waals surface area contributed by atoms with Crippen LogP contribution in [0.2, 0.25) is 0 Å². The molecule has 1 unspecified atom stereocenters. The number of hydrogen-bond donors (Lipinski definition) is 3. The van der Waals surface area contributed by atoms with Crippen molar-refractivity contribution in [3.63, 3.8) is 0 Å². The summed E-state index contributed by atoms with van der Waals surface area (Å²) in [7, 11) is 5.30. The first-order valence-electron chi connectivity index (χ1n) is 25.9. The van der Waals surface area contributed by atoms with E-state index in [0.29, 0.717) is 72.4 Å². The van der Waals surface area contributed by atoms with E-state index in [4.69, 9.17) is 20.7 Å². The highest BCUT2D eigenvalue weighted by Gasteiger charge is 2.48. The average Bonchev–Trinajstić information content (AvgIpc) is 3.90. The Labute approximate surface area is 402 Å². The fourth-order valence-corrected chi connectivity index (χ4v) is 8.95. The van der Waals surface area contributed by atoms with Crippen molar-refractivity contribution < 1.29 is 48.5 Å². The number of aryl methyl sites for hydroxylation is 1. The number of nitrogens with zero attached hydrogens (tertiary/aromatic N) is 8. The number of carbonyl (C=O) groups is 5. The number of anilines is 5. The molecule has 9 rings (SSSR count). The first-order chi connectivity index (χ1) is 35.8. The number of nitrogens with one attached hydrogen (secondary N) is 3. The lowest BCUT2D eigenvalue weighted by Gasteiger charge is -2.40. The van der Waals surface area contributed by atoms with Gasteiger partial charge < -0.3 is 34.6 Å². The summed E-state index contributed by atoms with van der Waals surface area (Å²) in [6, 6.07) is 11.8. The lowest BCUT2D eigenvalue weighted by molar-refractivity contribution is -0.136. The molecular weight excluding hydrogens is 877 g/mol. The molecule has 0 radical (unpaired) electrons. The smallest absolute Gasteiger partial charge is 0.265 e. The van der Waals surface area contributed by atoms with Crippen LogP contribution in [0.15, 0.2) is 73.6 Å². The minimum atomic E-state index is -3.66. The number of carbonyl (C=O) groups excluding carboxylic acids is 5. The van der Waals surface area contributed by atoms with E-state index in [2.05, 4.69) is 27.1 Å². The van der Waals surface area contributed by atoms with Gasteiger partial charge in [0, 0.05) is 113 Å². The minimum absolute atomic E-state index is 0.197. The van der Waals surface area contributed by atoms with Crippen LogP contribution in [0.4, 0.5) is 37.5 Å². The third kappa shape index (κ3) is 8.98. The van der Waals surface area contributed by atoms with Gasteiger partial charge in [0.1, 0.15) is 17.6 Å². The highest BCUT2D eigenvalue weighted by atomic mass is 19.1. The summed E-state index contributed by atoms with van der Waals surface area (Å²) in [6.07, 6.45) is 4.83. The Balaban J connectivity index is 0.880. The first kappa shape index (κ1) is 36.8. The number of likely N-dealkylation sites (tertiary alicyclic amines) is 1. The van der Waals surface area contributed by atoms with Gasteiger partial charge in [-0.3, -0.25) is 39.1 Å². The molecule has 3 aromatic carbocycles. The van der Waals surface area contributed by atoms with Crippen molar-refractivity contribution in [2.45, 2.75) is 31.7 Å². The third-order valence-electron chi connectivity index (χ3n) is 12.6. The van der Waals surface area contributed by atoms with Crippen molar-refractivity contribution in [1.29, 1.82) is 0 Å². The van der Waals surface area contributed by atoms with Crippen molar-refractivity contribution in [3.8, 4) is 17.0 Å². The Morgan fingerprint density at radius 2 is 1.75 bits per heavy atom. The Morgan fingerprint density at radius 3 is 2.49 bits per heavy atom. The summed E-state index contributed by atoms with van der Waals surface area (Å²) in [4.78, 5) is 77.8. The van der Waals surface area contributed by atoms with Crippen molar-refractivity contribution in [3.05, 3.63) is 96.3 Å². The SMILES string of the molecule is [2H]C1([2H])N(CC2CCN(CCN(C)c3cc(OC)c(Nc4nccc(-c5cn(C)c6ccccc56)n4)cc3NC(=O)C=C)CC2)C([2H])([2H])C([2H])([2H])N(c2cc(F)c3c(c2F)C(=O)N(C2CCC(=O)NC2=O)C3=O)C1([2H])[2H]. The van der Waals surface area contributed by atoms with Crippen LogP contribution in [0, 0.1) is 17.6 Å². The molecule has 2 aromatic heterocycles. The normalized spacial score (nSPS) is 22.9. The monoisotopic (exact) mass is 937 g/mol. The molecule has 3 saturated heterocycles. The molecule has 4 aliphatic heterocycles. The Bertz CT molecular complexity index is 3200. The van der Waals surface area contributed by atoms with Crippen molar-refractivity contribution in [2.24, 2.45) is 13.0 Å². The highest BCUT2D eigenvalue weighted by molar-refractivity contribution is 6.24. The number of rotatable bonds is 14. The molecular formula is C49H53F2N11O6. The fraction of sp³-hybridized carbons (Fsp3) is 0.367. The maximum Gasteiger partial charge on any atom is 0.265 e. The van der Waals surface area contributed by atoms with Gasteiger partial charge in [0.2, 0.25) is 23.7 Å². The summed E-state index contributed by atoms with van der Waals surface area (Å²) in [5.41, 5.74) is 0.332. The van der Waals surface area contributed by atoms with Gasteiger partial charge in [-0.15, -0.1) is 0 Å². The zero-order chi connectivity index (χ0) is 55.0. The molecule has 0 spiro atoms. The van der Waals surface area contributed by atoms with Crippen LogP contribution < -0.4 is 30.5 Å². The number of imide groups is 2. The van der Waals surface area contributed by atoms with Crippen LogP contribution in [0.3, 0.4) is 0 Å². The number of aromatic nitrogens is 3. The molecule has 354 valence electrons. The predicted octanol–water partition coefficient (Wildman–Crippen LogP) is 5.16. The summed E-state index contributed by atoms with van der Waals surface area (Å²) in [5.74, 6) is -8.49. The van der Waals surface area contributed by atoms with Crippen LogP contribution in [-0.2, 0) is 21.4 Å². The molecule has 6 heterocycles. The van der Waals surface area contributed by atoms with E-state index in [0.717, 1.165) is 22.5 Å². The molecule has 5 aromatic rings. The lowest BCUT2D eigenvalue weighted by atomic mass is 9.96. The van der Waals surface area contributed by atoms with Gasteiger partial charge in [0.05, 0.1) is 52.2 Å². The maximum absolute atomic E-state index is 16.7. The van der Waals surface area contributed by atoms with Crippen LogP contribution >= 0.6 is 0 Å². The number of benzene rings is 3. The summed E-state index contributed by atoms with van der Waals surface area (Å²) in [6.45, 7) is -9.33. The molecule has 4 aliphatic rings. The number of piperazine rings is 1. The average molecular weight is 938 g/mol. The number of halogens is 2. The van der Waals surface area contributed by atoms with Gasteiger partial charge in [0.15, 0.2) is 5.82 Å². The van der Waals surface area contributed by atoms with Gasteiger partial charge >= 0.3 is 0 Å². The quantitative estimate of drug-likeness (QED) is 0.0984. The van der Waals surface area contributed by atoms with Gasteiger partial charge in [-0.05, 0) is 62.5 Å². The van der Waals surface area contributed by atoms with E-state index in [-0.39, 0.29) is 34.7 Å². The summed E-state index contributed by atoms with van der Waals surface area (Å²) < 4.78 is 113. The number of ether oxygens (including phenoxy) is 1. The standard InChI is InChI=1S/C49H53F2N11O6/c1-5-41(63)53-34-25-35(55-49-52-15-12-33(54-49)31-28-58(3)36-9-7-6-8-30(31)36)40(68-4)26-38(34)57(2)18-19-59-16-13-29(14-17-59)27-60-20-22-61(23-21-60)39-24-32(50)43-44(45(39)51)48(67)62(47(43)66)37-10-11-42(64)56-46(37)65/h5-9,12,15,24-26,28-29,37H,1,10-11,13-14,16-23,27H2,2-4H3,(H,53,63)(H,52,54,55)(H,56,64,65)/i20D2,21D2,22D2,23D2. The van der Waals surface area contributed by atoms with E-state index in [1.54, 1.807) is 18.3 Å². The highest BCUT2D eigenvalue weighted by Crippen LogP contribution is 2.39. The Kier molecular flexibility index (Phi) is 10.4. The van der Waals surface area contributed by atoms with Crippen LogP contribution in [0.25, 0.3) is 22.2 Å². The molecule has 0 saturated carbocycles. The molecule has 19 heteroatoms. The minimum Gasteiger partial charge on any atom is -0.494 e. The van der Waals surface area contributed by atoms with E-state index in [9.17, 15) is 24.0 Å². The topological polar surface area (TPSA) is 178 Å².